The third kappa shape index (κ3) is 4.36. The first kappa shape index (κ1) is 19.5. The first-order chi connectivity index (χ1) is 12.7. The zero-order valence-electron chi connectivity index (χ0n) is 15.1. The van der Waals surface area contributed by atoms with Crippen molar-refractivity contribution in [3.8, 4) is 0 Å². The van der Waals surface area contributed by atoms with Crippen molar-refractivity contribution >= 4 is 16.1 Å². The average Bonchev–Trinajstić information content (AvgIpc) is 3.33. The van der Waals surface area contributed by atoms with Crippen LogP contribution in [0.3, 0.4) is 0 Å². The molecule has 0 spiro atoms. The Kier molecular flexibility index (Phi) is 5.35. The van der Waals surface area contributed by atoms with Crippen LogP contribution in [-0.2, 0) is 29.2 Å². The van der Waals surface area contributed by atoms with E-state index in [1.165, 1.54) is 31.2 Å². The van der Waals surface area contributed by atoms with Crippen molar-refractivity contribution in [2.45, 2.75) is 30.6 Å². The minimum atomic E-state index is -3.94. The fourth-order valence-electron chi connectivity index (χ4n) is 3.18. The molecule has 2 atom stereocenters. The molecule has 0 unspecified atom stereocenters. The number of hydrogen-bond donors (Lipinski definition) is 0. The molecular weight excluding hydrogens is 371 g/mol. The van der Waals surface area contributed by atoms with Gasteiger partial charge in [-0.1, -0.05) is 29.8 Å². The predicted octanol–water partition coefficient (Wildman–Crippen LogP) is 3.36. The molecule has 0 radical (unpaired) electrons. The lowest BCUT2D eigenvalue weighted by Crippen LogP contribution is -2.23. The van der Waals surface area contributed by atoms with Crippen molar-refractivity contribution < 1.29 is 26.5 Å². The molecule has 2 aromatic rings. The van der Waals surface area contributed by atoms with Crippen LogP contribution in [0.15, 0.2) is 53.4 Å². The Hall–Kier alpha value is -2.25. The number of halogens is 1. The summed E-state index contributed by atoms with van der Waals surface area (Å²) in [6, 6.07) is 12.4. The molecule has 0 heterocycles. The van der Waals surface area contributed by atoms with Gasteiger partial charge in [-0.25, -0.2) is 4.39 Å². The Morgan fingerprint density at radius 1 is 1.22 bits per heavy atom. The van der Waals surface area contributed by atoms with E-state index in [-0.39, 0.29) is 24.0 Å². The summed E-state index contributed by atoms with van der Waals surface area (Å²) in [4.78, 5) is 11.2. The highest BCUT2D eigenvalue weighted by Gasteiger charge is 2.56. The predicted molar refractivity (Wildman–Crippen MR) is 97.1 cm³/mol. The second kappa shape index (κ2) is 7.40. The third-order valence-corrected chi connectivity index (χ3v) is 6.18. The number of rotatable bonds is 7. The van der Waals surface area contributed by atoms with Crippen LogP contribution < -0.4 is 0 Å². The Balaban J connectivity index is 1.80. The van der Waals surface area contributed by atoms with Crippen molar-refractivity contribution in [3.05, 3.63) is 65.5 Å². The summed E-state index contributed by atoms with van der Waals surface area (Å²) in [5, 5.41) is 0. The van der Waals surface area contributed by atoms with Gasteiger partial charge in [-0.2, -0.15) is 8.42 Å². The van der Waals surface area contributed by atoms with Crippen LogP contribution in [0.4, 0.5) is 4.39 Å². The summed E-state index contributed by atoms with van der Waals surface area (Å²) in [5.41, 5.74) is 0.877. The highest BCUT2D eigenvalue weighted by atomic mass is 32.2. The van der Waals surface area contributed by atoms with Crippen LogP contribution >= 0.6 is 0 Å². The van der Waals surface area contributed by atoms with E-state index < -0.39 is 27.3 Å². The van der Waals surface area contributed by atoms with Crippen molar-refractivity contribution in [2.75, 3.05) is 13.2 Å². The van der Waals surface area contributed by atoms with E-state index in [0.717, 1.165) is 5.56 Å². The normalized spacial score (nSPS) is 21.7. The summed E-state index contributed by atoms with van der Waals surface area (Å²) in [6.07, 6.45) is 0.549. The molecule has 0 saturated heterocycles. The van der Waals surface area contributed by atoms with Gasteiger partial charge in [0.25, 0.3) is 10.1 Å². The first-order valence-corrected chi connectivity index (χ1v) is 9.99. The van der Waals surface area contributed by atoms with Gasteiger partial charge in [0.1, 0.15) is 5.82 Å². The van der Waals surface area contributed by atoms with Gasteiger partial charge >= 0.3 is 5.97 Å². The topological polar surface area (TPSA) is 69.7 Å². The number of esters is 1. The molecule has 0 bridgehead atoms. The molecule has 1 fully saturated rings. The van der Waals surface area contributed by atoms with Gasteiger partial charge in [0.05, 0.1) is 18.1 Å². The summed E-state index contributed by atoms with van der Waals surface area (Å²) >= 11 is 0. The SMILES string of the molecule is CC(=O)OC[C@@H]1C[C@@]1(COS(=O)(=O)c1ccc(C)cc1)c1cccc(F)c1. The molecule has 0 N–H and O–H groups in total. The van der Waals surface area contributed by atoms with E-state index in [1.54, 1.807) is 24.3 Å². The van der Waals surface area contributed by atoms with Crippen molar-refractivity contribution in [1.82, 2.24) is 0 Å². The zero-order valence-corrected chi connectivity index (χ0v) is 16.0. The van der Waals surface area contributed by atoms with Gasteiger partial charge in [-0.05, 0) is 43.2 Å². The van der Waals surface area contributed by atoms with Gasteiger partial charge < -0.3 is 4.74 Å². The fourth-order valence-corrected chi connectivity index (χ4v) is 4.16. The largest absolute Gasteiger partial charge is 0.466 e. The number of ether oxygens (including phenoxy) is 1. The molecular formula is C20H21FO5S. The highest BCUT2D eigenvalue weighted by molar-refractivity contribution is 7.86. The van der Waals surface area contributed by atoms with Crippen LogP contribution in [0.5, 0.6) is 0 Å². The third-order valence-electron chi connectivity index (χ3n) is 4.90. The van der Waals surface area contributed by atoms with E-state index in [0.29, 0.717) is 12.0 Å². The number of aryl methyl sites for hydroxylation is 1. The van der Waals surface area contributed by atoms with Gasteiger partial charge in [0.2, 0.25) is 0 Å². The number of carbonyl (C=O) groups excluding carboxylic acids is 1. The monoisotopic (exact) mass is 392 g/mol. The molecule has 1 aliphatic carbocycles. The van der Waals surface area contributed by atoms with Crippen molar-refractivity contribution in [3.63, 3.8) is 0 Å². The minimum Gasteiger partial charge on any atom is -0.466 e. The molecule has 0 aliphatic heterocycles. The lowest BCUT2D eigenvalue weighted by molar-refractivity contribution is -0.141. The zero-order chi connectivity index (χ0) is 19.7. The molecule has 1 aliphatic rings. The molecule has 27 heavy (non-hydrogen) atoms. The second-order valence-corrected chi connectivity index (χ2v) is 8.51. The quantitative estimate of drug-likeness (QED) is 0.534. The standard InChI is InChI=1S/C20H21FO5S/c1-14-6-8-19(9-7-14)27(23,24)26-13-20(11-17(20)12-25-15(2)22)16-4-3-5-18(21)10-16/h3-10,17H,11-13H2,1-2H3/t17-,20+/m0/s1. The average molecular weight is 392 g/mol. The smallest absolute Gasteiger partial charge is 0.302 e. The molecule has 144 valence electrons. The molecule has 3 rings (SSSR count). The maximum Gasteiger partial charge on any atom is 0.302 e. The second-order valence-electron chi connectivity index (χ2n) is 6.90. The molecule has 1 saturated carbocycles. The minimum absolute atomic E-state index is 0.0691. The molecule has 2 aromatic carbocycles. The summed E-state index contributed by atoms with van der Waals surface area (Å²) < 4.78 is 49.1. The fraction of sp³-hybridized carbons (Fsp3) is 0.350. The van der Waals surface area contributed by atoms with Crippen LogP contribution in [0.1, 0.15) is 24.5 Å². The van der Waals surface area contributed by atoms with E-state index in [1.807, 2.05) is 6.92 Å². The van der Waals surface area contributed by atoms with E-state index >= 15 is 0 Å². The molecule has 0 amide bonds. The van der Waals surface area contributed by atoms with Crippen LogP contribution in [0, 0.1) is 18.7 Å². The molecule has 0 aromatic heterocycles. The van der Waals surface area contributed by atoms with Gasteiger partial charge in [-0.3, -0.25) is 8.98 Å². The summed E-state index contributed by atoms with van der Waals surface area (Å²) in [7, 11) is -3.94. The van der Waals surface area contributed by atoms with E-state index in [9.17, 15) is 17.6 Å². The van der Waals surface area contributed by atoms with E-state index in [4.69, 9.17) is 8.92 Å². The Morgan fingerprint density at radius 2 is 1.93 bits per heavy atom. The van der Waals surface area contributed by atoms with Gasteiger partial charge in [0.15, 0.2) is 0 Å². The van der Waals surface area contributed by atoms with Crippen LogP contribution in [0.2, 0.25) is 0 Å². The van der Waals surface area contributed by atoms with Crippen LogP contribution in [-0.4, -0.2) is 27.6 Å². The first-order valence-electron chi connectivity index (χ1n) is 8.58. The maximum absolute atomic E-state index is 13.7. The lowest BCUT2D eigenvalue weighted by Gasteiger charge is -2.18. The number of benzene rings is 2. The highest BCUT2D eigenvalue weighted by Crippen LogP contribution is 2.55. The van der Waals surface area contributed by atoms with Crippen LogP contribution in [0.25, 0.3) is 0 Å². The Bertz CT molecular complexity index is 939. The summed E-state index contributed by atoms with van der Waals surface area (Å²) in [6.45, 7) is 3.17. The van der Waals surface area contributed by atoms with Gasteiger partial charge in [-0.15, -0.1) is 0 Å². The van der Waals surface area contributed by atoms with Crippen molar-refractivity contribution in [2.24, 2.45) is 5.92 Å². The molecule has 5 nitrogen and oxygen atoms in total. The Morgan fingerprint density at radius 3 is 2.56 bits per heavy atom. The Labute approximate surface area is 158 Å². The van der Waals surface area contributed by atoms with Crippen molar-refractivity contribution in [1.29, 1.82) is 0 Å². The molecule has 7 heteroatoms. The maximum atomic E-state index is 13.7. The number of hydrogen-bond acceptors (Lipinski definition) is 5. The lowest BCUT2D eigenvalue weighted by atomic mass is 9.94. The van der Waals surface area contributed by atoms with E-state index in [2.05, 4.69) is 0 Å². The van der Waals surface area contributed by atoms with Gasteiger partial charge in [0, 0.05) is 18.3 Å². The number of carbonyl (C=O) groups is 1. The summed E-state index contributed by atoms with van der Waals surface area (Å²) in [5.74, 6) is -0.953.